The first-order valence-corrected chi connectivity index (χ1v) is 7.22. The van der Waals surface area contributed by atoms with Crippen LogP contribution in [-0.4, -0.2) is 27.3 Å². The van der Waals surface area contributed by atoms with Crippen molar-refractivity contribution in [3.05, 3.63) is 35.9 Å². The Morgan fingerprint density at radius 1 is 1.18 bits per heavy atom. The Bertz CT molecular complexity index is 431. The second-order valence-corrected chi connectivity index (χ2v) is 6.29. The molecule has 1 aromatic carbocycles. The summed E-state index contributed by atoms with van der Waals surface area (Å²) in [6.07, 6.45) is 0. The molecule has 5 heteroatoms. The molecule has 0 bridgehead atoms. The Hall–Kier alpha value is -0.910. The average molecular weight is 256 g/mol. The minimum absolute atomic E-state index is 0.208. The summed E-state index contributed by atoms with van der Waals surface area (Å²) in [5, 5.41) is 2.42. The lowest BCUT2D eigenvalue weighted by Crippen LogP contribution is -2.39. The van der Waals surface area contributed by atoms with Crippen LogP contribution >= 0.6 is 0 Å². The minimum atomic E-state index is -3.28. The van der Waals surface area contributed by atoms with Crippen molar-refractivity contribution in [1.82, 2.24) is 10.0 Å². The zero-order valence-electron chi connectivity index (χ0n) is 10.5. The molecule has 0 heterocycles. The molecule has 0 spiro atoms. The van der Waals surface area contributed by atoms with Gasteiger partial charge in [-0.25, -0.2) is 13.1 Å². The Labute approximate surface area is 103 Å². The van der Waals surface area contributed by atoms with Gasteiger partial charge in [0.1, 0.15) is 0 Å². The summed E-state index contributed by atoms with van der Waals surface area (Å²) in [7, 11) is -1.54. The summed E-state index contributed by atoms with van der Waals surface area (Å²) in [5.41, 5.74) is 0.965. The second-order valence-electron chi connectivity index (χ2n) is 4.16. The van der Waals surface area contributed by atoms with Crippen molar-refractivity contribution in [3.63, 3.8) is 0 Å². The van der Waals surface area contributed by atoms with Crippen LogP contribution in [0.5, 0.6) is 0 Å². The molecule has 1 rings (SSSR count). The van der Waals surface area contributed by atoms with E-state index in [-0.39, 0.29) is 6.04 Å². The predicted molar refractivity (Wildman–Crippen MR) is 70.3 cm³/mol. The molecule has 0 aliphatic heterocycles. The van der Waals surface area contributed by atoms with Gasteiger partial charge < -0.3 is 5.32 Å². The van der Waals surface area contributed by atoms with Crippen LogP contribution in [0.1, 0.15) is 25.5 Å². The van der Waals surface area contributed by atoms with E-state index in [0.29, 0.717) is 6.54 Å². The molecule has 2 atom stereocenters. The summed E-state index contributed by atoms with van der Waals surface area (Å²) >= 11 is 0. The molecule has 0 radical (unpaired) electrons. The van der Waals surface area contributed by atoms with Gasteiger partial charge in [0.05, 0.1) is 5.25 Å². The predicted octanol–water partition coefficient (Wildman–Crippen LogP) is 1.27. The Morgan fingerprint density at radius 3 is 2.29 bits per heavy atom. The van der Waals surface area contributed by atoms with Gasteiger partial charge in [-0.2, -0.15) is 0 Å². The highest BCUT2D eigenvalue weighted by Crippen LogP contribution is 2.13. The third-order valence-corrected chi connectivity index (χ3v) is 4.57. The van der Waals surface area contributed by atoms with E-state index < -0.39 is 15.3 Å². The molecular weight excluding hydrogens is 236 g/mol. The number of hydrogen-bond acceptors (Lipinski definition) is 3. The lowest BCUT2D eigenvalue weighted by atomic mass is 10.1. The van der Waals surface area contributed by atoms with E-state index in [1.54, 1.807) is 14.0 Å². The van der Waals surface area contributed by atoms with E-state index in [1.165, 1.54) is 0 Å². The van der Waals surface area contributed by atoms with Gasteiger partial charge in [-0.1, -0.05) is 30.3 Å². The summed E-state index contributed by atoms with van der Waals surface area (Å²) in [6, 6.07) is 9.33. The van der Waals surface area contributed by atoms with Gasteiger partial charge in [-0.15, -0.1) is 0 Å². The zero-order chi connectivity index (χ0) is 12.9. The molecule has 4 nitrogen and oxygen atoms in total. The fourth-order valence-electron chi connectivity index (χ4n) is 1.57. The van der Waals surface area contributed by atoms with Crippen molar-refractivity contribution in [2.45, 2.75) is 25.1 Å². The van der Waals surface area contributed by atoms with E-state index in [1.807, 2.05) is 37.3 Å². The molecule has 1 aromatic rings. The number of sulfonamides is 1. The summed E-state index contributed by atoms with van der Waals surface area (Å²) in [6.45, 7) is 3.98. The standard InChI is InChI=1S/C12H20N2O2S/c1-10(9-13-3)17(15,16)14-11(2)12-7-5-4-6-8-12/h4-8,10-11,13-14H,9H2,1-3H3. The molecular formula is C12H20N2O2S. The Balaban J connectivity index is 2.71. The third kappa shape index (κ3) is 4.11. The van der Waals surface area contributed by atoms with Gasteiger partial charge >= 0.3 is 0 Å². The highest BCUT2D eigenvalue weighted by atomic mass is 32.2. The van der Waals surface area contributed by atoms with Crippen LogP contribution in [0.15, 0.2) is 30.3 Å². The molecule has 0 saturated heterocycles. The smallest absolute Gasteiger partial charge is 0.216 e. The normalized spacial score (nSPS) is 15.5. The van der Waals surface area contributed by atoms with Gasteiger partial charge in [0.2, 0.25) is 10.0 Å². The molecule has 96 valence electrons. The first kappa shape index (κ1) is 14.2. The number of nitrogens with one attached hydrogen (secondary N) is 2. The van der Waals surface area contributed by atoms with Crippen molar-refractivity contribution < 1.29 is 8.42 Å². The molecule has 0 fully saturated rings. The van der Waals surface area contributed by atoms with Crippen LogP contribution in [0.25, 0.3) is 0 Å². The first-order valence-electron chi connectivity index (χ1n) is 5.68. The molecule has 0 aliphatic rings. The van der Waals surface area contributed by atoms with E-state index in [4.69, 9.17) is 0 Å². The summed E-state index contributed by atoms with van der Waals surface area (Å²) in [4.78, 5) is 0. The highest BCUT2D eigenvalue weighted by molar-refractivity contribution is 7.90. The zero-order valence-corrected chi connectivity index (χ0v) is 11.3. The summed E-state index contributed by atoms with van der Waals surface area (Å²) in [5.74, 6) is 0. The number of rotatable bonds is 6. The van der Waals surface area contributed by atoms with Crippen molar-refractivity contribution in [3.8, 4) is 0 Å². The highest BCUT2D eigenvalue weighted by Gasteiger charge is 2.22. The lowest BCUT2D eigenvalue weighted by molar-refractivity contribution is 0.550. The molecule has 0 aliphatic carbocycles. The van der Waals surface area contributed by atoms with Gasteiger partial charge in [-0.05, 0) is 26.5 Å². The molecule has 0 aromatic heterocycles. The molecule has 2 unspecified atom stereocenters. The van der Waals surface area contributed by atoms with Crippen LogP contribution in [-0.2, 0) is 10.0 Å². The number of hydrogen-bond donors (Lipinski definition) is 2. The van der Waals surface area contributed by atoms with Crippen LogP contribution in [0.2, 0.25) is 0 Å². The van der Waals surface area contributed by atoms with Gasteiger partial charge in [0.15, 0.2) is 0 Å². The van der Waals surface area contributed by atoms with Crippen LogP contribution in [0.4, 0.5) is 0 Å². The van der Waals surface area contributed by atoms with Crippen molar-refractivity contribution >= 4 is 10.0 Å². The second kappa shape index (κ2) is 6.14. The largest absolute Gasteiger partial charge is 0.318 e. The maximum absolute atomic E-state index is 12.0. The van der Waals surface area contributed by atoms with E-state index in [2.05, 4.69) is 10.0 Å². The van der Waals surface area contributed by atoms with Crippen LogP contribution in [0, 0.1) is 0 Å². The quantitative estimate of drug-likeness (QED) is 0.806. The van der Waals surface area contributed by atoms with Gasteiger partial charge in [0, 0.05) is 12.6 Å². The molecule has 2 N–H and O–H groups in total. The fraction of sp³-hybridized carbons (Fsp3) is 0.500. The fourth-order valence-corrected chi connectivity index (χ4v) is 2.82. The first-order chi connectivity index (χ1) is 7.97. The van der Waals surface area contributed by atoms with E-state index in [0.717, 1.165) is 5.56 Å². The monoisotopic (exact) mass is 256 g/mol. The van der Waals surface area contributed by atoms with Crippen molar-refractivity contribution in [1.29, 1.82) is 0 Å². The van der Waals surface area contributed by atoms with Gasteiger partial charge in [-0.3, -0.25) is 0 Å². The topological polar surface area (TPSA) is 58.2 Å². The van der Waals surface area contributed by atoms with Crippen LogP contribution in [0.3, 0.4) is 0 Å². The SMILES string of the molecule is CNCC(C)S(=O)(=O)NC(C)c1ccccc1. The maximum Gasteiger partial charge on any atom is 0.216 e. The van der Waals surface area contributed by atoms with E-state index in [9.17, 15) is 8.42 Å². The average Bonchev–Trinajstić information content (AvgIpc) is 2.30. The van der Waals surface area contributed by atoms with E-state index >= 15 is 0 Å². The van der Waals surface area contributed by atoms with Crippen molar-refractivity contribution in [2.24, 2.45) is 0 Å². The molecule has 0 amide bonds. The maximum atomic E-state index is 12.0. The van der Waals surface area contributed by atoms with Gasteiger partial charge in [0.25, 0.3) is 0 Å². The molecule has 0 saturated carbocycles. The van der Waals surface area contributed by atoms with Crippen molar-refractivity contribution in [2.75, 3.05) is 13.6 Å². The Kier molecular flexibility index (Phi) is 5.11. The lowest BCUT2D eigenvalue weighted by Gasteiger charge is -2.18. The van der Waals surface area contributed by atoms with Crippen LogP contribution < -0.4 is 10.0 Å². The molecule has 17 heavy (non-hydrogen) atoms. The number of benzene rings is 1. The minimum Gasteiger partial charge on any atom is -0.318 e. The third-order valence-electron chi connectivity index (χ3n) is 2.66. The summed E-state index contributed by atoms with van der Waals surface area (Å²) < 4.78 is 26.6. The Morgan fingerprint density at radius 2 is 1.76 bits per heavy atom.